The molecule has 27 heavy (non-hydrogen) atoms. The van der Waals surface area contributed by atoms with Gasteiger partial charge in [0.15, 0.2) is 0 Å². The van der Waals surface area contributed by atoms with E-state index in [2.05, 4.69) is 10.6 Å². The van der Waals surface area contributed by atoms with Crippen LogP contribution in [-0.2, 0) is 9.59 Å². The summed E-state index contributed by atoms with van der Waals surface area (Å²) in [5.74, 6) is -1.23. The van der Waals surface area contributed by atoms with Gasteiger partial charge in [0.1, 0.15) is 0 Å². The van der Waals surface area contributed by atoms with Crippen molar-refractivity contribution in [3.05, 3.63) is 47.5 Å². The maximum absolute atomic E-state index is 12.7. The summed E-state index contributed by atoms with van der Waals surface area (Å²) in [6.07, 6.45) is 0.458. The number of likely N-dealkylation sites (N-methyl/N-ethyl adjacent to an activating group) is 1. The number of amides is 4. The third-order valence-electron chi connectivity index (χ3n) is 4.46. The van der Waals surface area contributed by atoms with Gasteiger partial charge in [-0.25, -0.2) is 0 Å². The smallest absolute Gasteiger partial charge is 0.261 e. The largest absolute Gasteiger partial charge is 0.355 e. The lowest BCUT2D eigenvalue weighted by molar-refractivity contribution is -0.126. The number of nitrogens with zero attached hydrogens (tertiary/aromatic N) is 1. The van der Waals surface area contributed by atoms with Gasteiger partial charge in [-0.2, -0.15) is 0 Å². The summed E-state index contributed by atoms with van der Waals surface area (Å²) in [6.45, 7) is 2.37. The number of benzene rings is 2. The molecule has 0 radical (unpaired) electrons. The number of hydrogen-bond acceptors (Lipinski definition) is 4. The molecule has 1 aliphatic rings. The summed E-state index contributed by atoms with van der Waals surface area (Å²) in [7, 11) is 0. The van der Waals surface area contributed by atoms with Crippen LogP contribution in [0.2, 0.25) is 0 Å². The van der Waals surface area contributed by atoms with Crippen LogP contribution in [0.15, 0.2) is 36.4 Å². The second-order valence-corrected chi connectivity index (χ2v) is 6.30. The van der Waals surface area contributed by atoms with Crippen LogP contribution in [0.25, 0.3) is 10.8 Å². The Morgan fingerprint density at radius 2 is 1.56 bits per heavy atom. The highest BCUT2D eigenvalue weighted by Gasteiger charge is 2.32. The zero-order valence-electron chi connectivity index (χ0n) is 15.1. The maximum Gasteiger partial charge on any atom is 0.261 e. The summed E-state index contributed by atoms with van der Waals surface area (Å²) >= 11 is 0. The fourth-order valence-electron chi connectivity index (χ4n) is 3.21. The van der Waals surface area contributed by atoms with Crippen LogP contribution in [0.1, 0.15) is 40.5 Å². The molecule has 0 spiro atoms. The minimum absolute atomic E-state index is 0.0797. The summed E-state index contributed by atoms with van der Waals surface area (Å²) in [5, 5.41) is 6.65. The molecule has 0 bridgehead atoms. The van der Waals surface area contributed by atoms with Gasteiger partial charge in [-0.1, -0.05) is 24.3 Å². The average Bonchev–Trinajstić information content (AvgIpc) is 2.67. The molecule has 140 valence electrons. The molecule has 0 fully saturated rings. The van der Waals surface area contributed by atoms with Crippen LogP contribution in [0.5, 0.6) is 0 Å². The SMILES string of the molecule is CCNC(=O)CNC(=O)CCCN1C(=O)c2cccc3cccc(c23)C1=O. The summed E-state index contributed by atoms with van der Waals surface area (Å²) in [4.78, 5) is 49.8. The zero-order valence-corrected chi connectivity index (χ0v) is 15.1. The molecule has 1 heterocycles. The lowest BCUT2D eigenvalue weighted by atomic mass is 9.94. The lowest BCUT2D eigenvalue weighted by Gasteiger charge is -2.27. The van der Waals surface area contributed by atoms with Gasteiger partial charge in [0.2, 0.25) is 11.8 Å². The molecule has 2 aromatic carbocycles. The summed E-state index contributed by atoms with van der Waals surface area (Å²) < 4.78 is 0. The van der Waals surface area contributed by atoms with Crippen LogP contribution in [0.3, 0.4) is 0 Å². The quantitative estimate of drug-likeness (QED) is 0.725. The zero-order chi connectivity index (χ0) is 19.4. The van der Waals surface area contributed by atoms with Crippen molar-refractivity contribution < 1.29 is 19.2 Å². The van der Waals surface area contributed by atoms with Gasteiger partial charge >= 0.3 is 0 Å². The minimum atomic E-state index is -0.341. The first-order chi connectivity index (χ1) is 13.0. The molecule has 0 atom stereocenters. The molecule has 0 unspecified atom stereocenters. The van der Waals surface area contributed by atoms with Crippen molar-refractivity contribution in [3.8, 4) is 0 Å². The van der Waals surface area contributed by atoms with Gasteiger partial charge < -0.3 is 10.6 Å². The number of carbonyl (C=O) groups excluding carboxylic acids is 4. The Bertz CT molecular complexity index is 872. The van der Waals surface area contributed by atoms with E-state index in [-0.39, 0.29) is 43.1 Å². The van der Waals surface area contributed by atoms with E-state index in [1.165, 1.54) is 4.90 Å². The molecule has 7 nitrogen and oxygen atoms in total. The fraction of sp³-hybridized carbons (Fsp3) is 0.300. The molecule has 0 aromatic heterocycles. The molecule has 7 heteroatoms. The molecule has 0 saturated carbocycles. The van der Waals surface area contributed by atoms with Gasteiger partial charge in [0.05, 0.1) is 6.54 Å². The number of imide groups is 1. The summed E-state index contributed by atoms with van der Waals surface area (Å²) in [6, 6.07) is 10.8. The summed E-state index contributed by atoms with van der Waals surface area (Å²) in [5.41, 5.74) is 1.01. The molecule has 3 rings (SSSR count). The van der Waals surface area contributed by atoms with Crippen molar-refractivity contribution in [2.75, 3.05) is 19.6 Å². The standard InChI is InChI=1S/C20H21N3O4/c1-2-21-17(25)12-22-16(24)10-5-11-23-19(26)14-8-3-6-13-7-4-9-15(18(13)14)20(23)27/h3-4,6-9H,2,5,10-12H2,1H3,(H,21,25)(H,22,24). The van der Waals surface area contributed by atoms with Crippen molar-refractivity contribution in [1.82, 2.24) is 15.5 Å². The van der Waals surface area contributed by atoms with Crippen molar-refractivity contribution in [3.63, 3.8) is 0 Å². The highest BCUT2D eigenvalue weighted by molar-refractivity contribution is 6.25. The molecule has 2 N–H and O–H groups in total. The topological polar surface area (TPSA) is 95.6 Å². The van der Waals surface area contributed by atoms with E-state index in [0.29, 0.717) is 29.5 Å². The van der Waals surface area contributed by atoms with Gasteiger partial charge in [0, 0.05) is 36.0 Å². The second-order valence-electron chi connectivity index (χ2n) is 6.30. The molecule has 1 aliphatic heterocycles. The van der Waals surface area contributed by atoms with Gasteiger partial charge in [-0.05, 0) is 30.9 Å². The van der Waals surface area contributed by atoms with Gasteiger partial charge in [-0.3, -0.25) is 24.1 Å². The second kappa shape index (κ2) is 7.99. The first-order valence-electron chi connectivity index (χ1n) is 8.94. The molecule has 0 aliphatic carbocycles. The third-order valence-corrected chi connectivity index (χ3v) is 4.46. The highest BCUT2D eigenvalue weighted by Crippen LogP contribution is 2.29. The molecular weight excluding hydrogens is 346 g/mol. The number of carbonyl (C=O) groups is 4. The Hall–Kier alpha value is -3.22. The fourth-order valence-corrected chi connectivity index (χ4v) is 3.21. The Morgan fingerprint density at radius 1 is 0.926 bits per heavy atom. The monoisotopic (exact) mass is 367 g/mol. The average molecular weight is 367 g/mol. The van der Waals surface area contributed by atoms with Crippen LogP contribution in [-0.4, -0.2) is 48.2 Å². The van der Waals surface area contributed by atoms with E-state index in [9.17, 15) is 19.2 Å². The molecule has 0 saturated heterocycles. The first kappa shape index (κ1) is 18.6. The Labute approximate surface area is 156 Å². The maximum atomic E-state index is 12.7. The number of rotatable bonds is 7. The lowest BCUT2D eigenvalue weighted by Crippen LogP contribution is -2.41. The van der Waals surface area contributed by atoms with Gasteiger partial charge in [0.25, 0.3) is 11.8 Å². The van der Waals surface area contributed by atoms with Crippen LogP contribution >= 0.6 is 0 Å². The Morgan fingerprint density at radius 3 is 2.15 bits per heavy atom. The predicted molar refractivity (Wildman–Crippen MR) is 100 cm³/mol. The van der Waals surface area contributed by atoms with Crippen molar-refractivity contribution >= 4 is 34.4 Å². The number of hydrogen-bond donors (Lipinski definition) is 2. The normalized spacial score (nSPS) is 13.0. The van der Waals surface area contributed by atoms with Crippen LogP contribution in [0, 0.1) is 0 Å². The van der Waals surface area contributed by atoms with E-state index in [1.54, 1.807) is 31.2 Å². The van der Waals surface area contributed by atoms with Crippen molar-refractivity contribution in [2.24, 2.45) is 0 Å². The first-order valence-corrected chi connectivity index (χ1v) is 8.94. The minimum Gasteiger partial charge on any atom is -0.355 e. The Kier molecular flexibility index (Phi) is 5.49. The van der Waals surface area contributed by atoms with E-state index < -0.39 is 0 Å². The van der Waals surface area contributed by atoms with E-state index in [0.717, 1.165) is 5.39 Å². The Balaban J connectivity index is 1.62. The van der Waals surface area contributed by atoms with Gasteiger partial charge in [-0.15, -0.1) is 0 Å². The number of nitrogens with one attached hydrogen (secondary N) is 2. The van der Waals surface area contributed by atoms with E-state index >= 15 is 0 Å². The molecular formula is C20H21N3O4. The van der Waals surface area contributed by atoms with Crippen LogP contribution < -0.4 is 10.6 Å². The predicted octanol–water partition coefficient (Wildman–Crippen LogP) is 1.47. The molecule has 2 aromatic rings. The molecule has 4 amide bonds. The van der Waals surface area contributed by atoms with Crippen LogP contribution in [0.4, 0.5) is 0 Å². The van der Waals surface area contributed by atoms with Crippen molar-refractivity contribution in [1.29, 1.82) is 0 Å². The van der Waals surface area contributed by atoms with Crippen molar-refractivity contribution in [2.45, 2.75) is 19.8 Å². The van der Waals surface area contributed by atoms with E-state index in [1.807, 2.05) is 12.1 Å². The van der Waals surface area contributed by atoms with E-state index in [4.69, 9.17) is 0 Å². The highest BCUT2D eigenvalue weighted by atomic mass is 16.2. The third kappa shape index (κ3) is 3.81.